The highest BCUT2D eigenvalue weighted by Gasteiger charge is 2.30. The minimum atomic E-state index is -4.01. The van der Waals surface area contributed by atoms with Crippen molar-refractivity contribution < 1.29 is 22.4 Å². The molecule has 0 aliphatic carbocycles. The Bertz CT molecular complexity index is 1370. The molecule has 0 amide bonds. The summed E-state index contributed by atoms with van der Waals surface area (Å²) in [5.74, 6) is -0.625. The molecule has 6 nitrogen and oxygen atoms in total. The summed E-state index contributed by atoms with van der Waals surface area (Å²) in [6.45, 7) is 5.24. The van der Waals surface area contributed by atoms with Gasteiger partial charge in [-0.3, -0.25) is 4.79 Å². The van der Waals surface area contributed by atoms with Gasteiger partial charge < -0.3 is 9.15 Å². The second-order valence-corrected chi connectivity index (χ2v) is 10.4. The molecule has 1 unspecified atom stereocenters. The zero-order chi connectivity index (χ0) is 22.9. The molecule has 0 bridgehead atoms. The Kier molecular flexibility index (Phi) is 5.79. The standard InChI is InChI=1S/C25H25NO5S/c1-25(2,3)31-24(27)21(15-17-9-5-4-6-10-17)26-32(28,29)18-13-14-23-20(16-18)19-11-7-8-12-22(19)30-23/h4-14,16,21,26H,15H2,1-3H3. The molecule has 1 heterocycles. The summed E-state index contributed by atoms with van der Waals surface area (Å²) in [5.41, 5.74) is 1.35. The average molecular weight is 452 g/mol. The quantitative estimate of drug-likeness (QED) is 0.425. The monoisotopic (exact) mass is 451 g/mol. The third kappa shape index (κ3) is 4.84. The van der Waals surface area contributed by atoms with Crippen molar-refractivity contribution in [2.45, 2.75) is 43.7 Å². The fourth-order valence-corrected chi connectivity index (χ4v) is 4.73. The van der Waals surface area contributed by atoms with Gasteiger partial charge in [-0.15, -0.1) is 0 Å². The van der Waals surface area contributed by atoms with Crippen LogP contribution in [0.15, 0.2) is 82.1 Å². The number of benzene rings is 3. The van der Waals surface area contributed by atoms with Crippen molar-refractivity contribution in [2.24, 2.45) is 0 Å². The number of carbonyl (C=O) groups is 1. The van der Waals surface area contributed by atoms with Crippen molar-refractivity contribution in [3.8, 4) is 0 Å². The molecule has 166 valence electrons. The predicted molar refractivity (Wildman–Crippen MR) is 124 cm³/mol. The van der Waals surface area contributed by atoms with E-state index in [1.165, 1.54) is 6.07 Å². The first-order valence-electron chi connectivity index (χ1n) is 10.3. The fourth-order valence-electron chi connectivity index (χ4n) is 3.52. The summed E-state index contributed by atoms with van der Waals surface area (Å²) in [6.07, 6.45) is 0.172. The van der Waals surface area contributed by atoms with E-state index in [1.807, 2.05) is 54.6 Å². The van der Waals surface area contributed by atoms with Gasteiger partial charge in [0.25, 0.3) is 0 Å². The number of sulfonamides is 1. The molecule has 0 aliphatic heterocycles. The number of esters is 1. The summed E-state index contributed by atoms with van der Waals surface area (Å²) < 4.78 is 40.3. The van der Waals surface area contributed by atoms with Gasteiger partial charge >= 0.3 is 5.97 Å². The highest BCUT2D eigenvalue weighted by Crippen LogP contribution is 2.30. The molecule has 0 spiro atoms. The summed E-state index contributed by atoms with van der Waals surface area (Å²) in [6, 6.07) is 20.3. The van der Waals surface area contributed by atoms with Crippen LogP contribution in [-0.2, 0) is 26.0 Å². The van der Waals surface area contributed by atoms with Crippen LogP contribution < -0.4 is 4.72 Å². The van der Waals surface area contributed by atoms with Crippen molar-refractivity contribution in [1.82, 2.24) is 4.72 Å². The zero-order valence-electron chi connectivity index (χ0n) is 18.2. The topological polar surface area (TPSA) is 85.6 Å². The Morgan fingerprint density at radius 2 is 1.59 bits per heavy atom. The van der Waals surface area contributed by atoms with Gasteiger partial charge in [0.05, 0.1) is 4.90 Å². The van der Waals surface area contributed by atoms with Gasteiger partial charge in [0, 0.05) is 10.8 Å². The molecule has 0 fully saturated rings. The van der Waals surface area contributed by atoms with Crippen molar-refractivity contribution in [3.05, 3.63) is 78.4 Å². The first-order chi connectivity index (χ1) is 15.1. The van der Waals surface area contributed by atoms with E-state index in [9.17, 15) is 13.2 Å². The van der Waals surface area contributed by atoms with Gasteiger partial charge in [-0.05, 0) is 57.0 Å². The van der Waals surface area contributed by atoms with E-state index in [0.29, 0.717) is 16.6 Å². The van der Waals surface area contributed by atoms with E-state index in [-0.39, 0.29) is 11.3 Å². The normalized spacial score (nSPS) is 13.3. The summed E-state index contributed by atoms with van der Waals surface area (Å²) in [4.78, 5) is 12.9. The van der Waals surface area contributed by atoms with E-state index in [4.69, 9.17) is 9.15 Å². The van der Waals surface area contributed by atoms with E-state index in [0.717, 1.165) is 10.9 Å². The second-order valence-electron chi connectivity index (χ2n) is 8.65. The van der Waals surface area contributed by atoms with Crippen molar-refractivity contribution in [1.29, 1.82) is 0 Å². The maximum absolute atomic E-state index is 13.3. The first kappa shape index (κ1) is 22.0. The van der Waals surface area contributed by atoms with Crippen molar-refractivity contribution in [3.63, 3.8) is 0 Å². The van der Waals surface area contributed by atoms with Gasteiger partial charge in [0.1, 0.15) is 22.8 Å². The summed E-state index contributed by atoms with van der Waals surface area (Å²) in [5, 5.41) is 1.52. The largest absolute Gasteiger partial charge is 0.459 e. The Morgan fingerprint density at radius 1 is 0.938 bits per heavy atom. The first-order valence-corrected chi connectivity index (χ1v) is 11.8. The van der Waals surface area contributed by atoms with Gasteiger partial charge in [0.15, 0.2) is 0 Å². The molecule has 0 aliphatic rings. The minimum absolute atomic E-state index is 0.0539. The molecule has 0 radical (unpaired) electrons. The van der Waals surface area contributed by atoms with Crippen LogP contribution in [0.25, 0.3) is 21.9 Å². The molecule has 1 N–H and O–H groups in total. The van der Waals surface area contributed by atoms with Gasteiger partial charge in [0.2, 0.25) is 10.0 Å². The molecule has 0 saturated carbocycles. The third-order valence-electron chi connectivity index (χ3n) is 4.93. The Hall–Kier alpha value is -3.16. The van der Waals surface area contributed by atoms with Crippen molar-refractivity contribution in [2.75, 3.05) is 0 Å². The number of nitrogens with one attached hydrogen (secondary N) is 1. The highest BCUT2D eigenvalue weighted by atomic mass is 32.2. The maximum atomic E-state index is 13.3. The Morgan fingerprint density at radius 3 is 2.31 bits per heavy atom. The van der Waals surface area contributed by atoms with E-state index < -0.39 is 27.6 Å². The summed E-state index contributed by atoms with van der Waals surface area (Å²) >= 11 is 0. The molecule has 3 aromatic carbocycles. The van der Waals surface area contributed by atoms with E-state index in [1.54, 1.807) is 32.9 Å². The van der Waals surface area contributed by atoms with Crippen LogP contribution in [0.2, 0.25) is 0 Å². The molecular formula is C25H25NO5S. The number of rotatable bonds is 6. The van der Waals surface area contributed by atoms with Crippen molar-refractivity contribution >= 4 is 37.9 Å². The van der Waals surface area contributed by atoms with Crippen LogP contribution in [0.3, 0.4) is 0 Å². The molecule has 1 aromatic heterocycles. The Labute approximate surface area is 187 Å². The fraction of sp³-hybridized carbons (Fsp3) is 0.240. The van der Waals surface area contributed by atoms with Crippen LogP contribution >= 0.6 is 0 Å². The average Bonchev–Trinajstić information content (AvgIpc) is 3.10. The number of carbonyl (C=O) groups excluding carboxylic acids is 1. The number of para-hydroxylation sites is 1. The van der Waals surface area contributed by atoms with Crippen LogP contribution in [0.1, 0.15) is 26.3 Å². The number of hydrogen-bond donors (Lipinski definition) is 1. The third-order valence-corrected chi connectivity index (χ3v) is 6.40. The zero-order valence-corrected chi connectivity index (χ0v) is 19.0. The molecule has 7 heteroatoms. The predicted octanol–water partition coefficient (Wildman–Crippen LogP) is 4.82. The van der Waals surface area contributed by atoms with Gasteiger partial charge in [-0.2, -0.15) is 4.72 Å². The lowest BCUT2D eigenvalue weighted by Crippen LogP contribution is -2.45. The molecule has 32 heavy (non-hydrogen) atoms. The summed E-state index contributed by atoms with van der Waals surface area (Å²) in [7, 11) is -4.01. The number of hydrogen-bond acceptors (Lipinski definition) is 5. The smallest absolute Gasteiger partial charge is 0.325 e. The molecular weight excluding hydrogens is 426 g/mol. The SMILES string of the molecule is CC(C)(C)OC(=O)C(Cc1ccccc1)NS(=O)(=O)c1ccc2oc3ccccc3c2c1. The highest BCUT2D eigenvalue weighted by molar-refractivity contribution is 7.89. The molecule has 4 aromatic rings. The Balaban J connectivity index is 1.68. The molecule has 0 saturated heterocycles. The lowest BCUT2D eigenvalue weighted by molar-refractivity contribution is -0.156. The van der Waals surface area contributed by atoms with Crippen LogP contribution in [-0.4, -0.2) is 26.0 Å². The van der Waals surface area contributed by atoms with Crippen LogP contribution in [0.4, 0.5) is 0 Å². The molecule has 4 rings (SSSR count). The maximum Gasteiger partial charge on any atom is 0.325 e. The number of fused-ring (bicyclic) bond motifs is 3. The second kappa shape index (κ2) is 8.41. The number of furan rings is 1. The van der Waals surface area contributed by atoms with Crippen LogP contribution in [0.5, 0.6) is 0 Å². The van der Waals surface area contributed by atoms with Crippen LogP contribution in [0, 0.1) is 0 Å². The van der Waals surface area contributed by atoms with Gasteiger partial charge in [-0.25, -0.2) is 8.42 Å². The van der Waals surface area contributed by atoms with E-state index in [2.05, 4.69) is 4.72 Å². The number of ether oxygens (including phenoxy) is 1. The lowest BCUT2D eigenvalue weighted by atomic mass is 10.1. The lowest BCUT2D eigenvalue weighted by Gasteiger charge is -2.24. The van der Waals surface area contributed by atoms with E-state index >= 15 is 0 Å². The minimum Gasteiger partial charge on any atom is -0.459 e. The molecule has 1 atom stereocenters. The van der Waals surface area contributed by atoms with Gasteiger partial charge in [-0.1, -0.05) is 48.5 Å².